The Kier molecular flexibility index (Phi) is 4.10. The van der Waals surface area contributed by atoms with E-state index in [1.54, 1.807) is 16.9 Å². The average Bonchev–Trinajstić information content (AvgIpc) is 3.10. The number of nitrogens with one attached hydrogen (secondary N) is 1. The average molecular weight is 306 g/mol. The van der Waals surface area contributed by atoms with E-state index in [-0.39, 0.29) is 5.91 Å². The van der Waals surface area contributed by atoms with E-state index < -0.39 is 0 Å². The lowest BCUT2D eigenvalue weighted by atomic mass is 10.1. The number of carbonyl (C=O) groups is 1. The van der Waals surface area contributed by atoms with Crippen LogP contribution in [0.15, 0.2) is 67.0 Å². The summed E-state index contributed by atoms with van der Waals surface area (Å²) in [5.41, 5.74) is 3.19. The van der Waals surface area contributed by atoms with Crippen LogP contribution < -0.4 is 10.2 Å². The largest absolute Gasteiger partial charge is 0.376 e. The zero-order chi connectivity index (χ0) is 16.2. The van der Waals surface area contributed by atoms with E-state index in [1.807, 2.05) is 73.7 Å². The van der Waals surface area contributed by atoms with Crippen molar-refractivity contribution >= 4 is 17.3 Å². The molecule has 0 aliphatic rings. The Morgan fingerprint density at radius 3 is 2.65 bits per heavy atom. The molecule has 1 N–H and O–H groups in total. The van der Waals surface area contributed by atoms with Crippen LogP contribution in [0.25, 0.3) is 5.69 Å². The number of carbonyl (C=O) groups excluding carboxylic acids is 1. The molecule has 0 spiro atoms. The number of rotatable bonds is 4. The van der Waals surface area contributed by atoms with Crippen LogP contribution >= 0.6 is 0 Å². The van der Waals surface area contributed by atoms with Gasteiger partial charge in [-0.25, -0.2) is 4.68 Å². The number of amides is 1. The second-order valence-electron chi connectivity index (χ2n) is 5.37. The first-order chi connectivity index (χ1) is 11.1. The standard InChI is InChI=1S/C18H18N4O/c1-21(2)17-10-4-3-9-16(17)20-18(23)14-7-5-8-15(13-14)22-12-6-11-19-22/h3-13H,1-2H3,(H,20,23). The van der Waals surface area contributed by atoms with Crippen molar-refractivity contribution in [2.75, 3.05) is 24.3 Å². The van der Waals surface area contributed by atoms with Gasteiger partial charge >= 0.3 is 0 Å². The number of anilines is 2. The van der Waals surface area contributed by atoms with Crippen molar-refractivity contribution < 1.29 is 4.79 Å². The van der Waals surface area contributed by atoms with Gasteiger partial charge < -0.3 is 10.2 Å². The van der Waals surface area contributed by atoms with Crippen molar-refractivity contribution in [3.8, 4) is 5.69 Å². The van der Waals surface area contributed by atoms with Gasteiger partial charge in [0.05, 0.1) is 17.1 Å². The first-order valence-corrected chi connectivity index (χ1v) is 7.33. The van der Waals surface area contributed by atoms with Gasteiger partial charge in [-0.05, 0) is 36.4 Å². The molecule has 0 fully saturated rings. The van der Waals surface area contributed by atoms with Crippen molar-refractivity contribution in [3.05, 3.63) is 72.6 Å². The van der Waals surface area contributed by atoms with Crippen molar-refractivity contribution in [1.82, 2.24) is 9.78 Å². The van der Waals surface area contributed by atoms with Crippen LogP contribution in [0.3, 0.4) is 0 Å². The van der Waals surface area contributed by atoms with Crippen LogP contribution in [0.1, 0.15) is 10.4 Å². The van der Waals surface area contributed by atoms with Gasteiger partial charge in [-0.2, -0.15) is 5.10 Å². The molecule has 3 rings (SSSR count). The van der Waals surface area contributed by atoms with Gasteiger partial charge in [-0.3, -0.25) is 4.79 Å². The monoisotopic (exact) mass is 306 g/mol. The Morgan fingerprint density at radius 2 is 1.91 bits per heavy atom. The first-order valence-electron chi connectivity index (χ1n) is 7.33. The van der Waals surface area contributed by atoms with Crippen molar-refractivity contribution in [2.24, 2.45) is 0 Å². The minimum Gasteiger partial charge on any atom is -0.376 e. The summed E-state index contributed by atoms with van der Waals surface area (Å²) >= 11 is 0. The normalized spacial score (nSPS) is 10.3. The molecule has 0 aliphatic carbocycles. The van der Waals surface area contributed by atoms with E-state index in [4.69, 9.17) is 0 Å². The molecular weight excluding hydrogens is 288 g/mol. The lowest BCUT2D eigenvalue weighted by Crippen LogP contribution is -2.16. The Morgan fingerprint density at radius 1 is 1.09 bits per heavy atom. The van der Waals surface area contributed by atoms with Gasteiger partial charge in [0.25, 0.3) is 5.91 Å². The van der Waals surface area contributed by atoms with Crippen LogP contribution in [-0.4, -0.2) is 29.8 Å². The fraction of sp³-hybridized carbons (Fsp3) is 0.111. The molecular formula is C18H18N4O. The summed E-state index contributed by atoms with van der Waals surface area (Å²) in [6, 6.07) is 16.9. The van der Waals surface area contributed by atoms with Crippen LogP contribution in [0, 0.1) is 0 Å². The van der Waals surface area contributed by atoms with Crippen molar-refractivity contribution in [1.29, 1.82) is 0 Å². The molecule has 0 saturated heterocycles. The molecule has 5 nitrogen and oxygen atoms in total. The lowest BCUT2D eigenvalue weighted by molar-refractivity contribution is 0.102. The summed E-state index contributed by atoms with van der Waals surface area (Å²) in [4.78, 5) is 14.5. The third kappa shape index (κ3) is 3.23. The molecule has 0 unspecified atom stereocenters. The summed E-state index contributed by atoms with van der Waals surface area (Å²) in [7, 11) is 3.90. The zero-order valence-electron chi connectivity index (χ0n) is 13.1. The summed E-state index contributed by atoms with van der Waals surface area (Å²) in [5.74, 6) is -0.145. The minimum absolute atomic E-state index is 0.145. The third-order valence-corrected chi connectivity index (χ3v) is 3.51. The topological polar surface area (TPSA) is 50.2 Å². The van der Waals surface area contributed by atoms with Gasteiger partial charge in [-0.1, -0.05) is 18.2 Å². The summed E-state index contributed by atoms with van der Waals surface area (Å²) in [5, 5.41) is 7.16. The van der Waals surface area contributed by atoms with Gasteiger partial charge in [0.2, 0.25) is 0 Å². The summed E-state index contributed by atoms with van der Waals surface area (Å²) in [6.45, 7) is 0. The van der Waals surface area contributed by atoms with Gasteiger partial charge in [0, 0.05) is 32.1 Å². The molecule has 1 aromatic heterocycles. The molecule has 3 aromatic rings. The van der Waals surface area contributed by atoms with E-state index in [1.165, 1.54) is 0 Å². The highest BCUT2D eigenvalue weighted by Gasteiger charge is 2.11. The second kappa shape index (κ2) is 6.36. The van der Waals surface area contributed by atoms with Crippen LogP contribution in [-0.2, 0) is 0 Å². The van der Waals surface area contributed by atoms with Gasteiger partial charge in [0.15, 0.2) is 0 Å². The van der Waals surface area contributed by atoms with E-state index in [0.29, 0.717) is 5.56 Å². The molecule has 0 atom stereocenters. The quantitative estimate of drug-likeness (QED) is 0.805. The Bertz CT molecular complexity index is 809. The number of hydrogen-bond acceptors (Lipinski definition) is 3. The van der Waals surface area contributed by atoms with Gasteiger partial charge in [-0.15, -0.1) is 0 Å². The Hall–Kier alpha value is -3.08. The third-order valence-electron chi connectivity index (χ3n) is 3.51. The highest BCUT2D eigenvalue weighted by Crippen LogP contribution is 2.24. The minimum atomic E-state index is -0.145. The number of para-hydroxylation sites is 2. The fourth-order valence-electron chi connectivity index (χ4n) is 2.38. The van der Waals surface area contributed by atoms with E-state index in [2.05, 4.69) is 10.4 Å². The molecule has 23 heavy (non-hydrogen) atoms. The van der Waals surface area contributed by atoms with Crippen LogP contribution in [0.2, 0.25) is 0 Å². The van der Waals surface area contributed by atoms with Crippen molar-refractivity contribution in [2.45, 2.75) is 0 Å². The molecule has 5 heteroatoms. The summed E-state index contributed by atoms with van der Waals surface area (Å²) < 4.78 is 1.73. The number of benzene rings is 2. The zero-order valence-corrected chi connectivity index (χ0v) is 13.1. The maximum atomic E-state index is 12.6. The molecule has 2 aromatic carbocycles. The number of nitrogens with zero attached hydrogens (tertiary/aromatic N) is 3. The highest BCUT2D eigenvalue weighted by atomic mass is 16.1. The molecule has 0 saturated carbocycles. The molecule has 1 heterocycles. The smallest absolute Gasteiger partial charge is 0.255 e. The molecule has 116 valence electrons. The van der Waals surface area contributed by atoms with Crippen LogP contribution in [0.4, 0.5) is 11.4 Å². The maximum Gasteiger partial charge on any atom is 0.255 e. The highest BCUT2D eigenvalue weighted by molar-refractivity contribution is 6.06. The number of hydrogen-bond donors (Lipinski definition) is 1. The SMILES string of the molecule is CN(C)c1ccccc1NC(=O)c1cccc(-n2cccn2)c1. The molecule has 0 bridgehead atoms. The predicted molar refractivity (Wildman–Crippen MR) is 92.3 cm³/mol. The fourth-order valence-corrected chi connectivity index (χ4v) is 2.38. The lowest BCUT2D eigenvalue weighted by Gasteiger charge is -2.17. The number of aromatic nitrogens is 2. The molecule has 0 radical (unpaired) electrons. The Labute approximate surface area is 135 Å². The Balaban J connectivity index is 1.86. The van der Waals surface area contributed by atoms with Crippen LogP contribution in [0.5, 0.6) is 0 Å². The summed E-state index contributed by atoms with van der Waals surface area (Å²) in [6.07, 6.45) is 3.55. The maximum absolute atomic E-state index is 12.6. The van der Waals surface area contributed by atoms with E-state index in [0.717, 1.165) is 17.1 Å². The second-order valence-corrected chi connectivity index (χ2v) is 5.37. The van der Waals surface area contributed by atoms with E-state index in [9.17, 15) is 4.79 Å². The van der Waals surface area contributed by atoms with E-state index >= 15 is 0 Å². The van der Waals surface area contributed by atoms with Gasteiger partial charge in [0.1, 0.15) is 0 Å². The van der Waals surface area contributed by atoms with Crippen molar-refractivity contribution in [3.63, 3.8) is 0 Å². The predicted octanol–water partition coefficient (Wildman–Crippen LogP) is 3.19. The molecule has 0 aliphatic heterocycles. The first kappa shape index (κ1) is 14.8. The molecule has 1 amide bonds.